The normalized spacial score (nSPS) is 10.3. The fraction of sp³-hybridized carbons (Fsp3) is 0.133. The van der Waals surface area contributed by atoms with Gasteiger partial charge in [0.15, 0.2) is 5.78 Å². The van der Waals surface area contributed by atoms with Crippen molar-refractivity contribution in [3.05, 3.63) is 63.1 Å². The van der Waals surface area contributed by atoms with Crippen molar-refractivity contribution >= 4 is 29.0 Å². The van der Waals surface area contributed by atoms with Gasteiger partial charge in [-0.25, -0.2) is 0 Å². The molecule has 0 spiro atoms. The Balaban J connectivity index is 2.56. The van der Waals surface area contributed by atoms with Crippen LogP contribution in [0.2, 0.25) is 10.0 Å². The van der Waals surface area contributed by atoms with E-state index < -0.39 is 0 Å². The topological polar surface area (TPSA) is 26.3 Å². The molecule has 2 aromatic carbocycles. The molecule has 0 unspecified atom stereocenters. The van der Waals surface area contributed by atoms with Crippen molar-refractivity contribution in [2.24, 2.45) is 0 Å². The lowest BCUT2D eigenvalue weighted by Crippen LogP contribution is -2.05. The van der Waals surface area contributed by atoms with Gasteiger partial charge >= 0.3 is 0 Å². The summed E-state index contributed by atoms with van der Waals surface area (Å²) >= 11 is 12.0. The van der Waals surface area contributed by atoms with Gasteiger partial charge in [0.1, 0.15) is 5.75 Å². The van der Waals surface area contributed by atoms with Crippen molar-refractivity contribution in [2.45, 2.75) is 6.92 Å². The Labute approximate surface area is 121 Å². The Morgan fingerprint density at radius 3 is 2.53 bits per heavy atom. The molecule has 0 heterocycles. The number of methoxy groups -OCH3 is 1. The van der Waals surface area contributed by atoms with E-state index in [-0.39, 0.29) is 10.8 Å². The average Bonchev–Trinajstić information content (AvgIpc) is 2.41. The van der Waals surface area contributed by atoms with Crippen LogP contribution in [0, 0.1) is 6.92 Å². The summed E-state index contributed by atoms with van der Waals surface area (Å²) in [7, 11) is 1.53. The third-order valence-corrected chi connectivity index (χ3v) is 3.61. The smallest absolute Gasteiger partial charge is 0.198 e. The molecule has 0 aliphatic heterocycles. The Bertz CT molecular complexity index is 636. The minimum Gasteiger partial charge on any atom is -0.496 e. The number of ether oxygens (including phenoxy) is 1. The van der Waals surface area contributed by atoms with Crippen LogP contribution in [0.3, 0.4) is 0 Å². The third-order valence-electron chi connectivity index (χ3n) is 2.80. The van der Waals surface area contributed by atoms with Crippen molar-refractivity contribution in [1.82, 2.24) is 0 Å². The molecule has 0 aliphatic rings. The zero-order valence-electron chi connectivity index (χ0n) is 10.5. The van der Waals surface area contributed by atoms with E-state index in [0.29, 0.717) is 21.9 Å². The molecule has 0 saturated carbocycles. The minimum atomic E-state index is -0.201. The molecule has 2 aromatic rings. The molecule has 19 heavy (non-hydrogen) atoms. The van der Waals surface area contributed by atoms with Crippen LogP contribution in [-0.2, 0) is 0 Å². The van der Waals surface area contributed by atoms with Gasteiger partial charge in [-0.05, 0) is 31.2 Å². The van der Waals surface area contributed by atoms with E-state index in [1.165, 1.54) is 7.11 Å². The number of rotatable bonds is 3. The molecule has 0 bridgehead atoms. The summed E-state index contributed by atoms with van der Waals surface area (Å²) in [5.41, 5.74) is 1.83. The highest BCUT2D eigenvalue weighted by molar-refractivity contribution is 6.44. The number of ketones is 1. The predicted molar refractivity (Wildman–Crippen MR) is 77.6 cm³/mol. The fourth-order valence-electron chi connectivity index (χ4n) is 1.82. The number of carbonyl (C=O) groups excluding carboxylic acids is 1. The summed E-state index contributed by atoms with van der Waals surface area (Å²) in [4.78, 5) is 12.5. The molecule has 98 valence electrons. The lowest BCUT2D eigenvalue weighted by atomic mass is 10.0. The van der Waals surface area contributed by atoms with E-state index in [4.69, 9.17) is 27.9 Å². The monoisotopic (exact) mass is 294 g/mol. The van der Waals surface area contributed by atoms with E-state index in [1.54, 1.807) is 30.3 Å². The quantitative estimate of drug-likeness (QED) is 0.777. The minimum absolute atomic E-state index is 0.201. The lowest BCUT2D eigenvalue weighted by molar-refractivity contribution is 0.103. The summed E-state index contributed by atoms with van der Waals surface area (Å²) in [6, 6.07) is 10.4. The average molecular weight is 295 g/mol. The van der Waals surface area contributed by atoms with Gasteiger partial charge < -0.3 is 4.74 Å². The van der Waals surface area contributed by atoms with E-state index >= 15 is 0 Å². The van der Waals surface area contributed by atoms with Crippen LogP contribution in [0.4, 0.5) is 0 Å². The number of carbonyl (C=O) groups is 1. The van der Waals surface area contributed by atoms with E-state index in [0.717, 1.165) is 5.56 Å². The van der Waals surface area contributed by atoms with Gasteiger partial charge in [0.2, 0.25) is 0 Å². The maximum absolute atomic E-state index is 12.5. The summed E-state index contributed by atoms with van der Waals surface area (Å²) < 4.78 is 5.22. The lowest BCUT2D eigenvalue weighted by Gasteiger charge is -2.10. The molecule has 0 radical (unpaired) electrons. The summed E-state index contributed by atoms with van der Waals surface area (Å²) in [5.74, 6) is 0.319. The van der Waals surface area contributed by atoms with Crippen LogP contribution in [0.1, 0.15) is 21.5 Å². The molecule has 2 nitrogen and oxygen atoms in total. The molecule has 0 amide bonds. The first-order valence-corrected chi connectivity index (χ1v) is 6.43. The van der Waals surface area contributed by atoms with Gasteiger partial charge in [-0.2, -0.15) is 0 Å². The Morgan fingerprint density at radius 2 is 1.84 bits per heavy atom. The Kier molecular flexibility index (Phi) is 4.13. The van der Waals surface area contributed by atoms with E-state index in [2.05, 4.69) is 0 Å². The Hall–Kier alpha value is -1.51. The molecular formula is C15H12Cl2O2. The largest absolute Gasteiger partial charge is 0.496 e. The van der Waals surface area contributed by atoms with Crippen molar-refractivity contribution < 1.29 is 9.53 Å². The van der Waals surface area contributed by atoms with Crippen LogP contribution in [0.15, 0.2) is 36.4 Å². The second kappa shape index (κ2) is 5.64. The first-order chi connectivity index (χ1) is 9.04. The molecule has 4 heteroatoms. The van der Waals surface area contributed by atoms with Gasteiger partial charge in [-0.1, -0.05) is 40.9 Å². The Morgan fingerprint density at radius 1 is 1.11 bits per heavy atom. The van der Waals surface area contributed by atoms with Crippen LogP contribution in [0.25, 0.3) is 0 Å². The van der Waals surface area contributed by atoms with Crippen molar-refractivity contribution in [3.8, 4) is 5.75 Å². The molecule has 0 fully saturated rings. The summed E-state index contributed by atoms with van der Waals surface area (Å²) in [5, 5.41) is 0.622. The van der Waals surface area contributed by atoms with Gasteiger partial charge in [0.25, 0.3) is 0 Å². The SMILES string of the molecule is COc1ccc(C)cc1C(=O)c1cccc(Cl)c1Cl. The zero-order chi connectivity index (χ0) is 14.0. The number of benzene rings is 2. The highest BCUT2D eigenvalue weighted by Gasteiger charge is 2.18. The number of aryl methyl sites for hydroxylation is 1. The number of hydrogen-bond acceptors (Lipinski definition) is 2. The molecular weight excluding hydrogens is 283 g/mol. The number of hydrogen-bond donors (Lipinski definition) is 0. The molecule has 2 rings (SSSR count). The van der Waals surface area contributed by atoms with Crippen LogP contribution < -0.4 is 4.74 Å². The van der Waals surface area contributed by atoms with Crippen molar-refractivity contribution in [2.75, 3.05) is 7.11 Å². The maximum Gasteiger partial charge on any atom is 0.198 e. The van der Waals surface area contributed by atoms with Crippen molar-refractivity contribution in [1.29, 1.82) is 0 Å². The molecule has 0 N–H and O–H groups in total. The summed E-state index contributed by atoms with van der Waals surface area (Å²) in [6.45, 7) is 1.91. The van der Waals surface area contributed by atoms with Gasteiger partial charge in [-0.3, -0.25) is 4.79 Å². The second-order valence-electron chi connectivity index (χ2n) is 4.13. The van der Waals surface area contributed by atoms with E-state index in [9.17, 15) is 4.79 Å². The highest BCUT2D eigenvalue weighted by atomic mass is 35.5. The van der Waals surface area contributed by atoms with Crippen LogP contribution in [-0.4, -0.2) is 12.9 Å². The van der Waals surface area contributed by atoms with Gasteiger partial charge in [-0.15, -0.1) is 0 Å². The molecule has 0 saturated heterocycles. The molecule has 0 aliphatic carbocycles. The van der Waals surface area contributed by atoms with E-state index in [1.807, 2.05) is 13.0 Å². The van der Waals surface area contributed by atoms with Crippen LogP contribution in [0.5, 0.6) is 5.75 Å². The maximum atomic E-state index is 12.5. The first kappa shape index (κ1) is 13.9. The number of halogens is 2. The first-order valence-electron chi connectivity index (χ1n) is 5.68. The summed E-state index contributed by atoms with van der Waals surface area (Å²) in [6.07, 6.45) is 0. The zero-order valence-corrected chi connectivity index (χ0v) is 12.0. The van der Waals surface area contributed by atoms with Crippen molar-refractivity contribution in [3.63, 3.8) is 0 Å². The molecule has 0 aromatic heterocycles. The predicted octanol–water partition coefficient (Wildman–Crippen LogP) is 4.54. The highest BCUT2D eigenvalue weighted by Crippen LogP contribution is 2.30. The van der Waals surface area contributed by atoms with Gasteiger partial charge in [0.05, 0.1) is 22.7 Å². The van der Waals surface area contributed by atoms with Crippen LogP contribution >= 0.6 is 23.2 Å². The standard InChI is InChI=1S/C15H12Cl2O2/c1-9-6-7-13(19-2)11(8-9)15(18)10-4-3-5-12(16)14(10)17/h3-8H,1-2H3. The second-order valence-corrected chi connectivity index (χ2v) is 4.92. The molecule has 0 atom stereocenters. The third kappa shape index (κ3) is 2.75. The van der Waals surface area contributed by atoms with Gasteiger partial charge in [0, 0.05) is 5.56 Å². The fourth-order valence-corrected chi connectivity index (χ4v) is 2.21.